The van der Waals surface area contributed by atoms with E-state index >= 15 is 0 Å². The lowest BCUT2D eigenvalue weighted by Gasteiger charge is -2.52. The fourth-order valence-electron chi connectivity index (χ4n) is 7.05. The van der Waals surface area contributed by atoms with Crippen molar-refractivity contribution < 1.29 is 29.2 Å². The lowest BCUT2D eigenvalue weighted by Crippen LogP contribution is -2.51. The summed E-state index contributed by atoms with van der Waals surface area (Å²) >= 11 is 1.81. The zero-order chi connectivity index (χ0) is 24.9. The maximum atomic E-state index is 9.44. The van der Waals surface area contributed by atoms with Crippen molar-refractivity contribution in [1.29, 1.82) is 0 Å². The van der Waals surface area contributed by atoms with Crippen LogP contribution in [-0.2, 0) is 18.9 Å². The van der Waals surface area contributed by atoms with Crippen molar-refractivity contribution in [2.75, 3.05) is 39.6 Å². The Hall–Kier alpha value is -0.180. The lowest BCUT2D eigenvalue weighted by atomic mass is 9.28. The Morgan fingerprint density at radius 1 is 1.24 bits per heavy atom. The van der Waals surface area contributed by atoms with Gasteiger partial charge in [-0.25, -0.2) is 0 Å². The number of thioether (sulfide) groups is 1. The average molecular weight is 496 g/mol. The van der Waals surface area contributed by atoms with Crippen molar-refractivity contribution in [1.82, 2.24) is 0 Å². The summed E-state index contributed by atoms with van der Waals surface area (Å²) in [6.07, 6.45) is 2.38. The fraction of sp³-hybridized carbons (Fsp3) is 0.920. The Morgan fingerprint density at radius 2 is 1.97 bits per heavy atom. The topological polar surface area (TPSA) is 77.4 Å². The van der Waals surface area contributed by atoms with Crippen LogP contribution in [-0.4, -0.2) is 88.0 Å². The summed E-state index contributed by atoms with van der Waals surface area (Å²) in [4.78, 5) is 0. The zero-order valence-electron chi connectivity index (χ0n) is 22.1. The predicted octanol–water partition coefficient (Wildman–Crippen LogP) is 3.27. The largest absolute Gasteiger partial charge is 0.492 e. The molecule has 0 aromatic carbocycles. The number of rotatable bonds is 12. The Kier molecular flexibility index (Phi) is 10.3. The van der Waals surface area contributed by atoms with E-state index in [9.17, 15) is 10.2 Å². The van der Waals surface area contributed by atoms with E-state index in [1.54, 1.807) is 0 Å². The molecule has 0 spiro atoms. The number of fused-ring (bicyclic) bond motifs is 1. The van der Waals surface area contributed by atoms with E-state index in [2.05, 4.69) is 47.0 Å². The maximum Gasteiger partial charge on any atom is 0.138 e. The Bertz CT molecular complexity index is 680. The third-order valence-corrected chi connectivity index (χ3v) is 10.3. The van der Waals surface area contributed by atoms with Gasteiger partial charge in [0.1, 0.15) is 33.0 Å². The molecular weight excluding hydrogens is 450 g/mol. The maximum absolute atomic E-state index is 9.44. The number of hydrogen-bond donors (Lipinski definition) is 2. The van der Waals surface area contributed by atoms with Gasteiger partial charge in [-0.05, 0) is 24.1 Å². The first-order valence-electron chi connectivity index (χ1n) is 13.2. The summed E-state index contributed by atoms with van der Waals surface area (Å²) in [5.74, 6) is 2.42. The minimum atomic E-state index is -0.185. The van der Waals surface area contributed by atoms with E-state index in [4.69, 9.17) is 18.9 Å². The van der Waals surface area contributed by atoms with Crippen LogP contribution in [0, 0.1) is 11.8 Å². The first-order valence-corrected chi connectivity index (χ1v) is 14.2. The molecule has 3 heterocycles. The van der Waals surface area contributed by atoms with Gasteiger partial charge < -0.3 is 29.2 Å². The minimum absolute atomic E-state index is 0.0239. The van der Waals surface area contributed by atoms with Gasteiger partial charge in [-0.15, -0.1) is 11.8 Å². The van der Waals surface area contributed by atoms with Crippen LogP contribution in [0.1, 0.15) is 48.0 Å². The molecule has 194 valence electrons. The smallest absolute Gasteiger partial charge is 0.138 e. The highest BCUT2D eigenvalue weighted by Gasteiger charge is 2.54. The van der Waals surface area contributed by atoms with Gasteiger partial charge in [0.15, 0.2) is 0 Å². The van der Waals surface area contributed by atoms with Crippen LogP contribution in [0.15, 0.2) is 11.2 Å². The Balaban J connectivity index is 1.84. The quantitative estimate of drug-likeness (QED) is 0.402. The highest BCUT2D eigenvalue weighted by atomic mass is 32.2. The van der Waals surface area contributed by atoms with Crippen LogP contribution in [0.25, 0.3) is 0 Å². The second kappa shape index (κ2) is 12.4. The summed E-state index contributed by atoms with van der Waals surface area (Å²) < 4.78 is 24.6. The molecule has 0 bridgehead atoms. The van der Waals surface area contributed by atoms with E-state index in [0.717, 1.165) is 19.5 Å². The van der Waals surface area contributed by atoms with Crippen LogP contribution in [0.5, 0.6) is 0 Å². The highest BCUT2D eigenvalue weighted by Crippen LogP contribution is 2.58. The van der Waals surface area contributed by atoms with Crippen molar-refractivity contribution in [2.24, 2.45) is 11.8 Å². The van der Waals surface area contributed by atoms with Gasteiger partial charge in [0.2, 0.25) is 0 Å². The molecule has 0 aliphatic carbocycles. The molecular formula is C25H46B2O6S. The predicted molar refractivity (Wildman–Crippen MR) is 143 cm³/mol. The standard InChI is InChI=1S/C25H46B2O6S/c1-7-18-14-26-22(16(2)20(18)32-11-9-29)24(4,5)27-25(6,17(3)30-10-8-28)23-21-19(15-34-23)31-12-13-33-21/h15-18,20-23,26-29H,7-14H2,1-6H3/t16-,17?,18?,20?,21?,22?,23?,25?/m0/s1. The first-order chi connectivity index (χ1) is 16.2. The van der Waals surface area contributed by atoms with Crippen molar-refractivity contribution >= 4 is 26.3 Å². The molecule has 0 saturated carbocycles. The Labute approximate surface area is 212 Å². The van der Waals surface area contributed by atoms with Crippen LogP contribution in [0.3, 0.4) is 0 Å². The van der Waals surface area contributed by atoms with Gasteiger partial charge in [-0.2, -0.15) is 0 Å². The highest BCUT2D eigenvalue weighted by molar-refractivity contribution is 8.03. The number of ether oxygens (including phenoxy) is 4. The number of aliphatic hydroxyl groups excluding tert-OH is 2. The van der Waals surface area contributed by atoms with Gasteiger partial charge in [-0.3, -0.25) is 0 Å². The van der Waals surface area contributed by atoms with E-state index in [1.807, 2.05) is 11.8 Å². The third kappa shape index (κ3) is 6.03. The summed E-state index contributed by atoms with van der Waals surface area (Å²) in [6.45, 7) is 16.0. The molecule has 0 radical (unpaired) electrons. The molecule has 0 aromatic rings. The van der Waals surface area contributed by atoms with Crippen molar-refractivity contribution in [2.45, 2.75) is 94.3 Å². The molecule has 6 nitrogen and oxygen atoms in total. The van der Waals surface area contributed by atoms with Gasteiger partial charge in [0.05, 0.1) is 45.2 Å². The van der Waals surface area contributed by atoms with Crippen molar-refractivity contribution in [3.05, 3.63) is 11.2 Å². The van der Waals surface area contributed by atoms with Crippen LogP contribution in [0.4, 0.5) is 0 Å². The number of aliphatic hydroxyl groups is 2. The van der Waals surface area contributed by atoms with Gasteiger partial charge in [0.25, 0.3) is 0 Å². The minimum Gasteiger partial charge on any atom is -0.492 e. The van der Waals surface area contributed by atoms with Gasteiger partial charge in [0, 0.05) is 10.7 Å². The molecule has 2 fully saturated rings. The molecule has 0 amide bonds. The second-order valence-electron chi connectivity index (χ2n) is 11.4. The van der Waals surface area contributed by atoms with E-state index in [0.29, 0.717) is 44.1 Å². The summed E-state index contributed by atoms with van der Waals surface area (Å²) in [7, 11) is 2.17. The molecule has 8 atom stereocenters. The first kappa shape index (κ1) is 28.4. The molecule has 3 aliphatic rings. The molecule has 2 saturated heterocycles. The summed E-state index contributed by atoms with van der Waals surface area (Å²) in [5, 5.41) is 21.0. The molecule has 0 aromatic heterocycles. The average Bonchev–Trinajstić information content (AvgIpc) is 3.25. The molecule has 3 rings (SSSR count). The summed E-state index contributed by atoms with van der Waals surface area (Å²) in [5.41, 5.74) is 0. The Morgan fingerprint density at radius 3 is 2.65 bits per heavy atom. The molecule has 3 aliphatic heterocycles. The third-order valence-electron chi connectivity index (χ3n) is 8.81. The SMILES string of the molecule is CCC1CBC(C(C)(C)BC(C)(C(C)OCCO)C2SC=C3OCCOC32)[C@@H](C)C1OCCO. The van der Waals surface area contributed by atoms with E-state index in [-0.39, 0.29) is 47.4 Å². The van der Waals surface area contributed by atoms with Crippen LogP contribution >= 0.6 is 11.8 Å². The van der Waals surface area contributed by atoms with Crippen LogP contribution in [0.2, 0.25) is 22.8 Å². The summed E-state index contributed by atoms with van der Waals surface area (Å²) in [6, 6.07) is 0. The molecule has 9 heteroatoms. The molecule has 34 heavy (non-hydrogen) atoms. The second-order valence-corrected chi connectivity index (χ2v) is 12.4. The monoisotopic (exact) mass is 496 g/mol. The fourth-order valence-corrected chi connectivity index (χ4v) is 8.48. The zero-order valence-corrected chi connectivity index (χ0v) is 22.9. The van der Waals surface area contributed by atoms with Gasteiger partial charge >= 0.3 is 0 Å². The van der Waals surface area contributed by atoms with Crippen LogP contribution < -0.4 is 0 Å². The molecule has 2 N–H and O–H groups in total. The van der Waals surface area contributed by atoms with Crippen molar-refractivity contribution in [3.8, 4) is 0 Å². The van der Waals surface area contributed by atoms with E-state index in [1.165, 1.54) is 13.6 Å². The van der Waals surface area contributed by atoms with Gasteiger partial charge in [-0.1, -0.05) is 58.5 Å². The number of hydrogen-bond acceptors (Lipinski definition) is 7. The van der Waals surface area contributed by atoms with Crippen molar-refractivity contribution in [3.63, 3.8) is 0 Å². The van der Waals surface area contributed by atoms with E-state index < -0.39 is 0 Å². The normalized spacial score (nSPS) is 34.3. The molecule has 7 unspecified atom stereocenters. The lowest BCUT2D eigenvalue weighted by molar-refractivity contribution is -0.0560.